The maximum absolute atomic E-state index is 12.2. The molecule has 0 saturated carbocycles. The normalized spacial score (nSPS) is 11.7. The van der Waals surface area contributed by atoms with Crippen LogP contribution in [-0.2, 0) is 11.2 Å². The van der Waals surface area contributed by atoms with Gasteiger partial charge in [-0.3, -0.25) is 9.78 Å². The number of aromatic nitrogens is 1. The summed E-state index contributed by atoms with van der Waals surface area (Å²) in [6, 6.07) is 22.1. The Hall–Kier alpha value is -2.94. The molecule has 1 aromatic heterocycles. The molecule has 0 fully saturated rings. The lowest BCUT2D eigenvalue weighted by molar-refractivity contribution is -0.121. The van der Waals surface area contributed by atoms with Crippen molar-refractivity contribution in [3.63, 3.8) is 0 Å². The Bertz CT molecular complexity index is 783. The lowest BCUT2D eigenvalue weighted by Crippen LogP contribution is -2.28. The number of nitrogens with one attached hydrogen (secondary N) is 1. The second-order valence-electron chi connectivity index (χ2n) is 5.82. The Morgan fingerprint density at radius 2 is 1.67 bits per heavy atom. The van der Waals surface area contributed by atoms with Crippen LogP contribution in [0.15, 0.2) is 79.1 Å². The summed E-state index contributed by atoms with van der Waals surface area (Å²) in [5.41, 5.74) is 4.35. The van der Waals surface area contributed by atoms with Crippen LogP contribution in [0, 0.1) is 0 Å². The quantitative estimate of drug-likeness (QED) is 0.767. The first-order chi connectivity index (χ1) is 11.7. The third-order valence-electron chi connectivity index (χ3n) is 3.99. The fourth-order valence-electron chi connectivity index (χ4n) is 2.64. The zero-order valence-corrected chi connectivity index (χ0v) is 13.6. The molecule has 1 heterocycles. The minimum Gasteiger partial charge on any atom is -0.349 e. The summed E-state index contributed by atoms with van der Waals surface area (Å²) in [6.07, 6.45) is 3.88. The molecule has 3 nitrogen and oxygen atoms in total. The summed E-state index contributed by atoms with van der Waals surface area (Å²) in [5.74, 6) is 0.0128. The van der Waals surface area contributed by atoms with Crippen molar-refractivity contribution in [3.8, 4) is 11.1 Å². The Balaban J connectivity index is 1.61. The van der Waals surface area contributed by atoms with E-state index in [2.05, 4.69) is 34.6 Å². The third-order valence-corrected chi connectivity index (χ3v) is 3.99. The van der Waals surface area contributed by atoms with Crippen LogP contribution < -0.4 is 5.32 Å². The summed E-state index contributed by atoms with van der Waals surface area (Å²) >= 11 is 0. The second kappa shape index (κ2) is 7.55. The van der Waals surface area contributed by atoms with Gasteiger partial charge in [0.15, 0.2) is 0 Å². The molecule has 1 amide bonds. The molecule has 24 heavy (non-hydrogen) atoms. The maximum atomic E-state index is 12.2. The first-order valence-electron chi connectivity index (χ1n) is 8.06. The molecule has 0 bridgehead atoms. The predicted molar refractivity (Wildman–Crippen MR) is 96.4 cm³/mol. The van der Waals surface area contributed by atoms with Crippen LogP contribution in [0.25, 0.3) is 11.1 Å². The van der Waals surface area contributed by atoms with E-state index in [4.69, 9.17) is 0 Å². The van der Waals surface area contributed by atoms with Gasteiger partial charge in [-0.1, -0.05) is 60.7 Å². The highest BCUT2D eigenvalue weighted by Gasteiger charge is 2.10. The van der Waals surface area contributed by atoms with Crippen molar-refractivity contribution >= 4 is 5.91 Å². The molecule has 120 valence electrons. The standard InChI is InChI=1S/C21H20N2O/c1-16(20-8-5-13-22-15-20)23-21(24)14-17-9-11-19(12-10-17)18-6-3-2-4-7-18/h2-13,15-16H,14H2,1H3,(H,23,24)/t16-/m0/s1. The second-order valence-corrected chi connectivity index (χ2v) is 5.82. The number of hydrogen-bond donors (Lipinski definition) is 1. The van der Waals surface area contributed by atoms with Gasteiger partial charge in [-0.15, -0.1) is 0 Å². The lowest BCUT2D eigenvalue weighted by Gasteiger charge is -2.14. The highest BCUT2D eigenvalue weighted by Crippen LogP contribution is 2.19. The molecule has 0 aliphatic heterocycles. The average Bonchev–Trinajstić information content (AvgIpc) is 2.64. The minimum atomic E-state index is -0.0465. The fourth-order valence-corrected chi connectivity index (χ4v) is 2.64. The average molecular weight is 316 g/mol. The number of nitrogens with zero attached hydrogens (tertiary/aromatic N) is 1. The van der Waals surface area contributed by atoms with Crippen LogP contribution in [0.5, 0.6) is 0 Å². The van der Waals surface area contributed by atoms with E-state index in [-0.39, 0.29) is 11.9 Å². The summed E-state index contributed by atoms with van der Waals surface area (Å²) < 4.78 is 0. The van der Waals surface area contributed by atoms with E-state index in [0.717, 1.165) is 16.7 Å². The van der Waals surface area contributed by atoms with Crippen molar-refractivity contribution in [2.75, 3.05) is 0 Å². The van der Waals surface area contributed by atoms with Gasteiger partial charge in [-0.2, -0.15) is 0 Å². The molecule has 3 heteroatoms. The molecule has 1 atom stereocenters. The van der Waals surface area contributed by atoms with Gasteiger partial charge in [0.25, 0.3) is 0 Å². The number of carbonyl (C=O) groups excluding carboxylic acids is 1. The summed E-state index contributed by atoms with van der Waals surface area (Å²) in [7, 11) is 0. The van der Waals surface area contributed by atoms with Crippen LogP contribution in [0.2, 0.25) is 0 Å². The molecule has 3 rings (SSSR count). The SMILES string of the molecule is C[C@H](NC(=O)Cc1ccc(-c2ccccc2)cc1)c1cccnc1. The molecule has 0 saturated heterocycles. The van der Waals surface area contributed by atoms with Crippen molar-refractivity contribution in [2.45, 2.75) is 19.4 Å². The van der Waals surface area contributed by atoms with Gasteiger partial charge in [-0.25, -0.2) is 0 Å². The van der Waals surface area contributed by atoms with Crippen LogP contribution in [0.3, 0.4) is 0 Å². The molecule has 0 unspecified atom stereocenters. The van der Waals surface area contributed by atoms with E-state index in [9.17, 15) is 4.79 Å². The van der Waals surface area contributed by atoms with Gasteiger partial charge in [0, 0.05) is 12.4 Å². The Labute approximate surface area is 142 Å². The van der Waals surface area contributed by atoms with E-state index in [1.807, 2.05) is 49.4 Å². The first kappa shape index (κ1) is 15.9. The van der Waals surface area contributed by atoms with Crippen LogP contribution in [-0.4, -0.2) is 10.9 Å². The number of rotatable bonds is 5. The lowest BCUT2D eigenvalue weighted by atomic mass is 10.0. The number of pyridine rings is 1. The van der Waals surface area contributed by atoms with Gasteiger partial charge in [-0.05, 0) is 35.2 Å². The van der Waals surface area contributed by atoms with E-state index < -0.39 is 0 Å². The van der Waals surface area contributed by atoms with Crippen LogP contribution in [0.1, 0.15) is 24.1 Å². The topological polar surface area (TPSA) is 42.0 Å². The predicted octanol–water partition coefficient (Wildman–Crippen LogP) is 4.17. The van der Waals surface area contributed by atoms with E-state index in [1.165, 1.54) is 5.56 Å². The first-order valence-corrected chi connectivity index (χ1v) is 8.06. The van der Waals surface area contributed by atoms with E-state index in [1.54, 1.807) is 12.4 Å². The summed E-state index contributed by atoms with van der Waals surface area (Å²) in [5, 5.41) is 3.01. The summed E-state index contributed by atoms with van der Waals surface area (Å²) in [4.78, 5) is 16.3. The van der Waals surface area contributed by atoms with Crippen molar-refractivity contribution < 1.29 is 4.79 Å². The molecule has 0 aliphatic rings. The minimum absolute atomic E-state index is 0.0128. The van der Waals surface area contributed by atoms with Crippen molar-refractivity contribution in [1.82, 2.24) is 10.3 Å². The molecule has 1 N–H and O–H groups in total. The molecular weight excluding hydrogens is 296 g/mol. The third kappa shape index (κ3) is 4.07. The Morgan fingerprint density at radius 3 is 2.33 bits per heavy atom. The fraction of sp³-hybridized carbons (Fsp3) is 0.143. The van der Waals surface area contributed by atoms with Crippen LogP contribution >= 0.6 is 0 Å². The number of hydrogen-bond acceptors (Lipinski definition) is 2. The van der Waals surface area contributed by atoms with Gasteiger partial charge >= 0.3 is 0 Å². The van der Waals surface area contributed by atoms with E-state index in [0.29, 0.717) is 6.42 Å². The zero-order valence-electron chi connectivity index (χ0n) is 13.6. The van der Waals surface area contributed by atoms with Crippen molar-refractivity contribution in [2.24, 2.45) is 0 Å². The van der Waals surface area contributed by atoms with Crippen LogP contribution in [0.4, 0.5) is 0 Å². The largest absolute Gasteiger partial charge is 0.349 e. The maximum Gasteiger partial charge on any atom is 0.224 e. The van der Waals surface area contributed by atoms with Gasteiger partial charge in [0.05, 0.1) is 12.5 Å². The number of benzene rings is 2. The molecule has 3 aromatic rings. The molecule has 0 radical (unpaired) electrons. The molecule has 0 aliphatic carbocycles. The monoisotopic (exact) mass is 316 g/mol. The van der Waals surface area contributed by atoms with Crippen molar-refractivity contribution in [1.29, 1.82) is 0 Å². The van der Waals surface area contributed by atoms with Gasteiger partial charge in [0.1, 0.15) is 0 Å². The highest BCUT2D eigenvalue weighted by molar-refractivity contribution is 5.79. The van der Waals surface area contributed by atoms with E-state index >= 15 is 0 Å². The Morgan fingerprint density at radius 1 is 0.958 bits per heavy atom. The van der Waals surface area contributed by atoms with Gasteiger partial charge in [0.2, 0.25) is 5.91 Å². The highest BCUT2D eigenvalue weighted by atomic mass is 16.1. The zero-order chi connectivity index (χ0) is 16.8. The number of amides is 1. The van der Waals surface area contributed by atoms with Gasteiger partial charge < -0.3 is 5.32 Å². The van der Waals surface area contributed by atoms with Crippen molar-refractivity contribution in [3.05, 3.63) is 90.3 Å². The molecular formula is C21H20N2O. The molecule has 0 spiro atoms. The summed E-state index contributed by atoms with van der Waals surface area (Å²) in [6.45, 7) is 1.97. The number of carbonyl (C=O) groups is 1. The smallest absolute Gasteiger partial charge is 0.224 e. The molecule has 2 aromatic carbocycles. The Kier molecular flexibility index (Phi) is 5.02.